The van der Waals surface area contributed by atoms with E-state index < -0.39 is 58.0 Å². The summed E-state index contributed by atoms with van der Waals surface area (Å²) < 4.78 is 0. The predicted molar refractivity (Wildman–Crippen MR) is 146 cm³/mol. The van der Waals surface area contributed by atoms with Gasteiger partial charge < -0.3 is 26.2 Å². The molecule has 3 aliphatic carbocycles. The molecule has 2 fully saturated rings. The van der Waals surface area contributed by atoms with Crippen LogP contribution in [0.4, 0.5) is 0 Å². The summed E-state index contributed by atoms with van der Waals surface area (Å²) in [5.41, 5.74) is 3.53. The molecule has 10 nitrogen and oxygen atoms in total. The third-order valence-electron chi connectivity index (χ3n) is 9.14. The first-order chi connectivity index (χ1) is 18.8. The van der Waals surface area contributed by atoms with Crippen molar-refractivity contribution in [3.8, 4) is 5.75 Å². The minimum absolute atomic E-state index is 0.0672. The molecule has 1 heterocycles. The van der Waals surface area contributed by atoms with Gasteiger partial charge in [0.15, 0.2) is 11.4 Å². The zero-order valence-corrected chi connectivity index (χ0v) is 22.6. The number of aliphatic hydroxyl groups is 3. The third-order valence-corrected chi connectivity index (χ3v) is 9.14. The van der Waals surface area contributed by atoms with Crippen LogP contribution in [0.25, 0.3) is 16.5 Å². The topological polar surface area (TPSA) is 165 Å². The highest BCUT2D eigenvalue weighted by atomic mass is 16.3. The number of likely N-dealkylation sites (tertiary alicyclic amines) is 1. The van der Waals surface area contributed by atoms with Gasteiger partial charge in [0.1, 0.15) is 22.8 Å². The molecule has 0 aromatic heterocycles. The molecule has 4 aliphatic rings. The van der Waals surface area contributed by atoms with Crippen molar-refractivity contribution in [3.05, 3.63) is 57.9 Å². The normalized spacial score (nSPS) is 29.0. The maximum atomic E-state index is 14.0. The SMILES string of the molecule is CC1CN(Cc2ccc3cc4c(c(O)c3c2)C(O)=C2C(=O)[C@]3(O)C(O)=C(C(N)=O)C(=O)[C@@H](N(C)C)[C@@H]3C[C@@H]2C4)C1. The summed E-state index contributed by atoms with van der Waals surface area (Å²) in [4.78, 5) is 43.1. The number of aliphatic hydroxyl groups excluding tert-OH is 2. The first-order valence-electron chi connectivity index (χ1n) is 13.5. The Hall–Kier alpha value is -3.73. The van der Waals surface area contributed by atoms with Crippen LogP contribution in [0.15, 0.2) is 41.2 Å². The molecule has 1 saturated heterocycles. The number of carbonyl (C=O) groups excluding carboxylic acids is 3. The molecule has 1 aliphatic heterocycles. The Morgan fingerprint density at radius 1 is 1.15 bits per heavy atom. The summed E-state index contributed by atoms with van der Waals surface area (Å²) in [5.74, 6) is -5.78. The Bertz CT molecular complexity index is 1570. The highest BCUT2D eigenvalue weighted by Crippen LogP contribution is 2.53. The average Bonchev–Trinajstić information content (AvgIpc) is 2.85. The van der Waals surface area contributed by atoms with Crippen LogP contribution < -0.4 is 5.73 Å². The van der Waals surface area contributed by atoms with Crippen LogP contribution in [-0.2, 0) is 27.3 Å². The lowest BCUT2D eigenvalue weighted by Crippen LogP contribution is -2.65. The summed E-state index contributed by atoms with van der Waals surface area (Å²) >= 11 is 0. The second-order valence-corrected chi connectivity index (χ2v) is 12.1. The molecule has 0 spiro atoms. The quantitative estimate of drug-likeness (QED) is 0.357. The fraction of sp³-hybridized carbons (Fsp3) is 0.433. The van der Waals surface area contributed by atoms with Crippen molar-refractivity contribution in [2.24, 2.45) is 23.5 Å². The largest absolute Gasteiger partial charge is 0.508 e. The number of ketones is 2. The number of carbonyl (C=O) groups is 3. The van der Waals surface area contributed by atoms with E-state index >= 15 is 0 Å². The summed E-state index contributed by atoms with van der Waals surface area (Å²) in [6.07, 6.45) is 0.337. The van der Waals surface area contributed by atoms with Crippen LogP contribution in [-0.4, -0.2) is 86.5 Å². The average molecular weight is 548 g/mol. The number of likely N-dealkylation sites (N-methyl/N-ethyl adjacent to an activating group) is 1. The number of phenolic OH excluding ortho intramolecular Hbond substituents is 1. The highest BCUT2D eigenvalue weighted by molar-refractivity contribution is 6.24. The number of rotatable bonds is 4. The molecule has 1 amide bonds. The molecule has 0 bridgehead atoms. The standard InChI is InChI=1S/C30H33N3O7/c1-13-10-33(11-13)12-14-4-5-15-7-16-8-17-9-19-23(32(2)3)26(36)22(29(31)39)28(38)30(19,40)27(37)21(17)25(35)20(16)24(34)18(15)6-14/h4-7,13,17,19,23,34-35,38,40H,8-12H2,1-3H3,(H2,31,39)/t17-,19-,23-,30-/m0/s1. The van der Waals surface area contributed by atoms with E-state index in [2.05, 4.69) is 11.8 Å². The molecule has 4 atom stereocenters. The van der Waals surface area contributed by atoms with Gasteiger partial charge in [0.05, 0.1) is 11.6 Å². The maximum absolute atomic E-state index is 14.0. The zero-order chi connectivity index (χ0) is 28.8. The molecule has 6 rings (SSSR count). The smallest absolute Gasteiger partial charge is 0.255 e. The van der Waals surface area contributed by atoms with Gasteiger partial charge in [0.25, 0.3) is 5.91 Å². The van der Waals surface area contributed by atoms with Crippen LogP contribution in [0.2, 0.25) is 0 Å². The van der Waals surface area contributed by atoms with E-state index in [4.69, 9.17) is 5.73 Å². The second kappa shape index (κ2) is 8.89. The van der Waals surface area contributed by atoms with E-state index in [1.807, 2.05) is 24.3 Å². The molecule has 2 aromatic rings. The molecular formula is C30H33N3O7. The van der Waals surface area contributed by atoms with Crippen molar-refractivity contribution >= 4 is 34.0 Å². The predicted octanol–water partition coefficient (Wildman–Crippen LogP) is 1.57. The van der Waals surface area contributed by atoms with Gasteiger partial charge in [-0.05, 0) is 61.4 Å². The Kier molecular flexibility index (Phi) is 5.89. The molecule has 6 N–H and O–H groups in total. The maximum Gasteiger partial charge on any atom is 0.255 e. The molecule has 210 valence electrons. The summed E-state index contributed by atoms with van der Waals surface area (Å²) in [5, 5.41) is 46.9. The number of primary amides is 1. The first-order valence-corrected chi connectivity index (χ1v) is 13.5. The molecule has 0 radical (unpaired) electrons. The second-order valence-electron chi connectivity index (χ2n) is 12.1. The number of nitrogens with two attached hydrogens (primary N) is 1. The Labute approximate surface area is 231 Å². The van der Waals surface area contributed by atoms with Crippen molar-refractivity contribution in [2.75, 3.05) is 27.2 Å². The van der Waals surface area contributed by atoms with Gasteiger partial charge in [-0.25, -0.2) is 0 Å². The number of Topliss-reactive ketones (excluding diaryl/α,β-unsaturated/α-hetero) is 2. The number of hydrogen-bond acceptors (Lipinski definition) is 9. The minimum atomic E-state index is -2.64. The lowest BCUT2D eigenvalue weighted by molar-refractivity contribution is -0.153. The van der Waals surface area contributed by atoms with Gasteiger partial charge in [0, 0.05) is 36.5 Å². The van der Waals surface area contributed by atoms with Gasteiger partial charge in [-0.3, -0.25) is 24.2 Å². The molecule has 10 heteroatoms. The summed E-state index contributed by atoms with van der Waals surface area (Å²) in [6, 6.07) is 6.62. The Morgan fingerprint density at radius 2 is 1.85 bits per heavy atom. The van der Waals surface area contributed by atoms with E-state index in [1.54, 1.807) is 14.1 Å². The van der Waals surface area contributed by atoms with Crippen molar-refractivity contribution in [2.45, 2.75) is 38.0 Å². The van der Waals surface area contributed by atoms with Crippen LogP contribution >= 0.6 is 0 Å². The molecule has 1 saturated carbocycles. The molecule has 0 unspecified atom stereocenters. The van der Waals surface area contributed by atoms with Crippen molar-refractivity contribution in [1.29, 1.82) is 0 Å². The number of benzene rings is 2. The number of nitrogens with zero attached hydrogens (tertiary/aromatic N) is 2. The summed E-state index contributed by atoms with van der Waals surface area (Å²) in [7, 11) is 3.16. The number of hydrogen-bond donors (Lipinski definition) is 5. The lowest BCUT2D eigenvalue weighted by Gasteiger charge is -2.50. The minimum Gasteiger partial charge on any atom is -0.508 e. The fourth-order valence-electron chi connectivity index (χ4n) is 7.37. The number of amides is 1. The van der Waals surface area contributed by atoms with Gasteiger partial charge in [-0.2, -0.15) is 0 Å². The van der Waals surface area contributed by atoms with Crippen molar-refractivity contribution < 1.29 is 34.8 Å². The fourth-order valence-corrected chi connectivity index (χ4v) is 7.37. The van der Waals surface area contributed by atoms with Crippen LogP contribution in [0.1, 0.15) is 30.0 Å². The van der Waals surface area contributed by atoms with Gasteiger partial charge in [0.2, 0.25) is 5.78 Å². The van der Waals surface area contributed by atoms with E-state index in [9.17, 15) is 34.8 Å². The van der Waals surface area contributed by atoms with E-state index in [1.165, 1.54) is 4.90 Å². The van der Waals surface area contributed by atoms with Crippen LogP contribution in [0.5, 0.6) is 5.75 Å². The first kappa shape index (κ1) is 26.5. The molecular weight excluding hydrogens is 514 g/mol. The number of aromatic hydroxyl groups is 1. The zero-order valence-electron chi connectivity index (χ0n) is 22.6. The van der Waals surface area contributed by atoms with Gasteiger partial charge in [-0.15, -0.1) is 0 Å². The summed E-state index contributed by atoms with van der Waals surface area (Å²) in [6.45, 7) is 4.94. The monoisotopic (exact) mass is 547 g/mol. The van der Waals surface area contributed by atoms with E-state index in [-0.39, 0.29) is 29.7 Å². The van der Waals surface area contributed by atoms with Crippen LogP contribution in [0.3, 0.4) is 0 Å². The van der Waals surface area contributed by atoms with Crippen LogP contribution in [0, 0.1) is 17.8 Å². The third kappa shape index (κ3) is 3.56. The van der Waals surface area contributed by atoms with Crippen molar-refractivity contribution in [3.63, 3.8) is 0 Å². The molecule has 40 heavy (non-hydrogen) atoms. The highest BCUT2D eigenvalue weighted by Gasteiger charge is 2.64. The Morgan fingerprint density at radius 3 is 2.48 bits per heavy atom. The van der Waals surface area contributed by atoms with Gasteiger partial charge >= 0.3 is 0 Å². The van der Waals surface area contributed by atoms with Gasteiger partial charge in [-0.1, -0.05) is 25.1 Å². The van der Waals surface area contributed by atoms with E-state index in [0.717, 1.165) is 30.6 Å². The number of fused-ring (bicyclic) bond motifs is 4. The van der Waals surface area contributed by atoms with E-state index in [0.29, 0.717) is 16.9 Å². The Balaban J connectivity index is 1.48. The van der Waals surface area contributed by atoms with Crippen molar-refractivity contribution in [1.82, 2.24) is 9.80 Å². The number of phenols is 1. The lowest BCUT2D eigenvalue weighted by atomic mass is 9.57. The molecule has 2 aromatic carbocycles.